The van der Waals surface area contributed by atoms with E-state index in [9.17, 15) is 4.79 Å². The molecular weight excluding hydrogens is 386 g/mol. The first kappa shape index (κ1) is 20.0. The summed E-state index contributed by atoms with van der Waals surface area (Å²) in [5, 5.41) is 4.40. The van der Waals surface area contributed by atoms with E-state index in [1.54, 1.807) is 36.0 Å². The Kier molecular flexibility index (Phi) is 5.77. The van der Waals surface area contributed by atoms with Crippen LogP contribution in [0.25, 0.3) is 16.8 Å². The van der Waals surface area contributed by atoms with E-state index in [2.05, 4.69) is 15.0 Å². The number of nitrogens with two attached hydrogens (primary N) is 1. The summed E-state index contributed by atoms with van der Waals surface area (Å²) in [6.45, 7) is 2.75. The van der Waals surface area contributed by atoms with Crippen molar-refractivity contribution in [1.29, 1.82) is 0 Å². The van der Waals surface area contributed by atoms with E-state index in [0.29, 0.717) is 32.1 Å². The van der Waals surface area contributed by atoms with Crippen molar-refractivity contribution in [3.63, 3.8) is 0 Å². The third kappa shape index (κ3) is 3.79. The molecule has 158 valence electrons. The molecular formula is C20H25N7O3. The Labute approximate surface area is 174 Å². The van der Waals surface area contributed by atoms with Gasteiger partial charge in [-0.25, -0.2) is 14.5 Å². The largest absolute Gasteiger partial charge is 0.481 e. The minimum atomic E-state index is -0.625. The first-order valence-electron chi connectivity index (χ1n) is 9.74. The van der Waals surface area contributed by atoms with Gasteiger partial charge in [-0.2, -0.15) is 5.10 Å². The molecule has 1 unspecified atom stereocenters. The van der Waals surface area contributed by atoms with E-state index in [-0.39, 0.29) is 12.5 Å². The van der Waals surface area contributed by atoms with Crippen molar-refractivity contribution in [2.45, 2.75) is 6.04 Å². The summed E-state index contributed by atoms with van der Waals surface area (Å²) < 4.78 is 12.1. The van der Waals surface area contributed by atoms with E-state index in [4.69, 9.17) is 20.2 Å². The summed E-state index contributed by atoms with van der Waals surface area (Å²) in [6, 6.07) is 5.10. The molecule has 3 aromatic heterocycles. The molecule has 0 radical (unpaired) electrons. The molecule has 30 heavy (non-hydrogen) atoms. The Morgan fingerprint density at radius 1 is 1.20 bits per heavy atom. The van der Waals surface area contributed by atoms with Gasteiger partial charge >= 0.3 is 0 Å². The molecule has 1 saturated heterocycles. The molecule has 4 heterocycles. The molecule has 0 bridgehead atoms. The summed E-state index contributed by atoms with van der Waals surface area (Å²) in [7, 11) is 3.13. The summed E-state index contributed by atoms with van der Waals surface area (Å²) in [6.07, 6.45) is 5.34. The molecule has 10 heteroatoms. The van der Waals surface area contributed by atoms with Gasteiger partial charge in [0.15, 0.2) is 5.65 Å². The van der Waals surface area contributed by atoms with E-state index >= 15 is 0 Å². The van der Waals surface area contributed by atoms with Crippen LogP contribution in [-0.2, 0) is 9.53 Å². The lowest BCUT2D eigenvalue weighted by molar-refractivity contribution is -0.134. The van der Waals surface area contributed by atoms with Crippen molar-refractivity contribution >= 4 is 17.4 Å². The van der Waals surface area contributed by atoms with Gasteiger partial charge in [-0.1, -0.05) is 0 Å². The molecule has 10 nitrogen and oxygen atoms in total. The maximum Gasteiger partial charge on any atom is 0.241 e. The van der Waals surface area contributed by atoms with E-state index in [1.807, 2.05) is 24.4 Å². The number of ether oxygens (including phenoxy) is 2. The smallest absolute Gasteiger partial charge is 0.241 e. The second kappa shape index (κ2) is 8.64. The zero-order valence-corrected chi connectivity index (χ0v) is 17.1. The van der Waals surface area contributed by atoms with E-state index in [1.165, 1.54) is 0 Å². The van der Waals surface area contributed by atoms with Gasteiger partial charge in [0, 0.05) is 51.2 Å². The number of anilines is 1. The molecule has 0 saturated carbocycles. The molecule has 1 amide bonds. The lowest BCUT2D eigenvalue weighted by Gasteiger charge is -2.36. The monoisotopic (exact) mass is 411 g/mol. The number of nitrogens with zero attached hydrogens (tertiary/aromatic N) is 6. The van der Waals surface area contributed by atoms with Crippen LogP contribution in [0.3, 0.4) is 0 Å². The number of pyridine rings is 1. The molecule has 3 aromatic rings. The lowest BCUT2D eigenvalue weighted by atomic mass is 10.1. The maximum absolute atomic E-state index is 12.4. The van der Waals surface area contributed by atoms with Crippen LogP contribution < -0.4 is 15.4 Å². The van der Waals surface area contributed by atoms with Gasteiger partial charge in [0.25, 0.3) is 0 Å². The van der Waals surface area contributed by atoms with Gasteiger partial charge in [0.1, 0.15) is 11.9 Å². The summed E-state index contributed by atoms with van der Waals surface area (Å²) in [5.74, 6) is 1.28. The lowest BCUT2D eigenvalue weighted by Crippen LogP contribution is -2.54. The van der Waals surface area contributed by atoms with Gasteiger partial charge in [0.05, 0.1) is 25.5 Å². The minimum Gasteiger partial charge on any atom is -0.481 e. The number of carbonyl (C=O) groups excluding carboxylic acids is 1. The van der Waals surface area contributed by atoms with Gasteiger partial charge in [-0.05, 0) is 18.2 Å². The predicted octanol–water partition coefficient (Wildman–Crippen LogP) is 0.422. The zero-order chi connectivity index (χ0) is 21.1. The van der Waals surface area contributed by atoms with E-state index < -0.39 is 6.04 Å². The molecule has 2 N–H and O–H groups in total. The number of hydrogen-bond donors (Lipinski definition) is 1. The number of methoxy groups -OCH3 is 2. The van der Waals surface area contributed by atoms with Crippen molar-refractivity contribution in [2.24, 2.45) is 5.73 Å². The highest BCUT2D eigenvalue weighted by Gasteiger charge is 2.26. The number of fused-ring (bicyclic) bond motifs is 1. The zero-order valence-electron chi connectivity index (χ0n) is 17.1. The Bertz CT molecular complexity index is 1030. The fraction of sp³-hybridized carbons (Fsp3) is 0.400. The first-order valence-corrected chi connectivity index (χ1v) is 9.74. The Balaban J connectivity index is 1.54. The minimum absolute atomic E-state index is 0.0818. The highest BCUT2D eigenvalue weighted by atomic mass is 16.5. The molecule has 0 spiro atoms. The molecule has 1 fully saturated rings. The van der Waals surface area contributed by atoms with Crippen LogP contribution in [0.5, 0.6) is 5.88 Å². The maximum atomic E-state index is 12.4. The van der Waals surface area contributed by atoms with Crippen LogP contribution in [0, 0.1) is 0 Å². The second-order valence-electron chi connectivity index (χ2n) is 7.05. The predicted molar refractivity (Wildman–Crippen MR) is 111 cm³/mol. The van der Waals surface area contributed by atoms with Crippen molar-refractivity contribution in [1.82, 2.24) is 24.5 Å². The van der Waals surface area contributed by atoms with Crippen LogP contribution in [0.2, 0.25) is 0 Å². The summed E-state index contributed by atoms with van der Waals surface area (Å²) in [4.78, 5) is 25.4. The Morgan fingerprint density at radius 2 is 2.00 bits per heavy atom. The fourth-order valence-electron chi connectivity index (χ4n) is 3.63. The van der Waals surface area contributed by atoms with Gasteiger partial charge in [-0.15, -0.1) is 0 Å². The molecule has 1 aliphatic rings. The van der Waals surface area contributed by atoms with Crippen LogP contribution in [0.1, 0.15) is 0 Å². The molecule has 0 aliphatic carbocycles. The quantitative estimate of drug-likeness (QED) is 0.621. The molecule has 1 atom stereocenters. The number of rotatable bonds is 6. The number of carbonyl (C=O) groups is 1. The summed E-state index contributed by atoms with van der Waals surface area (Å²) >= 11 is 0. The van der Waals surface area contributed by atoms with Crippen molar-refractivity contribution in [3.05, 3.63) is 36.8 Å². The van der Waals surface area contributed by atoms with Gasteiger partial charge in [0.2, 0.25) is 11.8 Å². The Morgan fingerprint density at radius 3 is 2.73 bits per heavy atom. The van der Waals surface area contributed by atoms with Crippen molar-refractivity contribution < 1.29 is 14.3 Å². The third-order valence-corrected chi connectivity index (χ3v) is 5.19. The third-order valence-electron chi connectivity index (χ3n) is 5.19. The van der Waals surface area contributed by atoms with Crippen molar-refractivity contribution in [2.75, 3.05) is 51.9 Å². The number of hydrogen-bond acceptors (Lipinski definition) is 8. The second-order valence-corrected chi connectivity index (χ2v) is 7.05. The van der Waals surface area contributed by atoms with Gasteiger partial charge < -0.3 is 25.0 Å². The Hall–Kier alpha value is -3.24. The number of piperazine rings is 1. The number of aromatic nitrogens is 4. The van der Waals surface area contributed by atoms with Crippen LogP contribution in [-0.4, -0.2) is 83.4 Å². The average Bonchev–Trinajstić information content (AvgIpc) is 3.22. The molecule has 1 aliphatic heterocycles. The summed E-state index contributed by atoms with van der Waals surface area (Å²) in [5.41, 5.74) is 8.29. The number of amides is 1. The molecule has 4 rings (SSSR count). The fourth-order valence-corrected chi connectivity index (χ4v) is 3.63. The molecule has 0 aromatic carbocycles. The SMILES string of the molecule is COCC(N)C(=O)N1CCN(c2ccn3ncc(-c4cccnc4OC)c3n2)CC1. The standard InChI is InChI=1S/C20H25N7O3/c1-29-13-16(21)20(28)26-10-8-25(9-11-26)17-5-7-27-18(24-17)15(12-23-27)14-4-3-6-22-19(14)30-2/h3-7,12,16H,8-11,13,21H2,1-2H3. The van der Waals surface area contributed by atoms with Gasteiger partial charge in [-0.3, -0.25) is 4.79 Å². The normalized spacial score (nSPS) is 15.4. The highest BCUT2D eigenvalue weighted by Crippen LogP contribution is 2.31. The van der Waals surface area contributed by atoms with E-state index in [0.717, 1.165) is 22.6 Å². The van der Waals surface area contributed by atoms with Crippen LogP contribution >= 0.6 is 0 Å². The highest BCUT2D eigenvalue weighted by molar-refractivity contribution is 5.82. The van der Waals surface area contributed by atoms with Crippen molar-refractivity contribution in [3.8, 4) is 17.0 Å². The van der Waals surface area contributed by atoms with Crippen LogP contribution in [0.4, 0.5) is 5.82 Å². The average molecular weight is 411 g/mol. The topological polar surface area (TPSA) is 111 Å². The van der Waals surface area contributed by atoms with Crippen LogP contribution in [0.15, 0.2) is 36.8 Å². The first-order chi connectivity index (χ1) is 14.6.